The number of benzene rings is 2. The number of Topliss-reactive ketones (excluding diaryl/α,β-unsaturated/α-hetero) is 1. The number of carbonyl (C=O) groups is 2. The molecule has 0 heterocycles. The molecule has 0 fully saturated rings. The van der Waals surface area contributed by atoms with Crippen molar-refractivity contribution in [1.29, 1.82) is 0 Å². The van der Waals surface area contributed by atoms with Crippen LogP contribution in [0.4, 0.5) is 8.78 Å². The van der Waals surface area contributed by atoms with Gasteiger partial charge in [0.1, 0.15) is 17.3 Å². The predicted octanol–water partition coefficient (Wildman–Crippen LogP) is 3.85. The second-order valence-electron chi connectivity index (χ2n) is 6.41. The number of hydrogen-bond donors (Lipinski definition) is 0. The Morgan fingerprint density at radius 1 is 0.964 bits per heavy atom. The van der Waals surface area contributed by atoms with Gasteiger partial charge in [0.15, 0.2) is 6.61 Å². The van der Waals surface area contributed by atoms with E-state index in [2.05, 4.69) is 4.74 Å². The highest BCUT2D eigenvalue weighted by Gasteiger charge is 2.11. The highest BCUT2D eigenvalue weighted by Crippen LogP contribution is 2.16. The lowest BCUT2D eigenvalue weighted by atomic mass is 10.1. The molecule has 0 aromatic heterocycles. The third kappa shape index (κ3) is 7.34. The highest BCUT2D eigenvalue weighted by molar-refractivity contribution is 5.77. The molecule has 0 radical (unpaired) electrons. The second kappa shape index (κ2) is 10.4. The first-order chi connectivity index (χ1) is 13.3. The molecule has 2 aromatic carbocycles. The van der Waals surface area contributed by atoms with Crippen molar-refractivity contribution in [2.45, 2.75) is 32.9 Å². The van der Waals surface area contributed by atoms with E-state index in [0.717, 1.165) is 11.1 Å². The van der Waals surface area contributed by atoms with Crippen molar-refractivity contribution in [2.24, 2.45) is 0 Å². The zero-order valence-corrected chi connectivity index (χ0v) is 15.9. The summed E-state index contributed by atoms with van der Waals surface area (Å²) in [6.07, 6.45) is 1.18. The van der Waals surface area contributed by atoms with Crippen LogP contribution >= 0.6 is 0 Å². The summed E-state index contributed by atoms with van der Waals surface area (Å²) >= 11 is 0. The van der Waals surface area contributed by atoms with Crippen molar-refractivity contribution < 1.29 is 27.8 Å². The minimum Gasteiger partial charge on any atom is -0.484 e. The number of ether oxygens (including phenoxy) is 2. The molecule has 2 aromatic rings. The van der Waals surface area contributed by atoms with Crippen LogP contribution < -0.4 is 9.47 Å². The van der Waals surface area contributed by atoms with Crippen LogP contribution in [0.15, 0.2) is 48.5 Å². The van der Waals surface area contributed by atoms with Crippen molar-refractivity contribution in [3.8, 4) is 11.5 Å². The Kier molecular flexibility index (Phi) is 7.92. The van der Waals surface area contributed by atoms with Gasteiger partial charge in [-0.1, -0.05) is 24.3 Å². The molecular formula is C21H23F2NO4. The number of rotatable bonds is 10. The number of likely N-dealkylation sites (N-methyl/N-ethyl adjacent to an activating group) is 1. The molecule has 0 spiro atoms. The largest absolute Gasteiger partial charge is 0.484 e. The van der Waals surface area contributed by atoms with Gasteiger partial charge in [0.2, 0.25) is 0 Å². The fourth-order valence-electron chi connectivity index (χ4n) is 2.47. The SMILES string of the molecule is CC(=O)CCc1ccc(OCC(=O)N(C)Cc2ccc(OC(F)F)cc2)cc1. The summed E-state index contributed by atoms with van der Waals surface area (Å²) in [5.41, 5.74) is 1.82. The van der Waals surface area contributed by atoms with Crippen LogP contribution in [-0.2, 0) is 22.6 Å². The average molecular weight is 391 g/mol. The summed E-state index contributed by atoms with van der Waals surface area (Å²) in [5.74, 6) is 0.573. The Morgan fingerprint density at radius 2 is 1.54 bits per heavy atom. The third-order valence-corrected chi connectivity index (χ3v) is 4.05. The highest BCUT2D eigenvalue weighted by atomic mass is 19.3. The Morgan fingerprint density at radius 3 is 2.11 bits per heavy atom. The Bertz CT molecular complexity index is 776. The maximum Gasteiger partial charge on any atom is 0.387 e. The zero-order valence-electron chi connectivity index (χ0n) is 15.9. The molecule has 0 atom stereocenters. The fourth-order valence-corrected chi connectivity index (χ4v) is 2.47. The van der Waals surface area contributed by atoms with E-state index in [1.54, 1.807) is 38.2 Å². The molecule has 7 heteroatoms. The smallest absolute Gasteiger partial charge is 0.387 e. The lowest BCUT2D eigenvalue weighted by Gasteiger charge is -2.18. The van der Waals surface area contributed by atoms with Crippen molar-refractivity contribution in [2.75, 3.05) is 13.7 Å². The molecule has 2 rings (SSSR count). The van der Waals surface area contributed by atoms with Crippen molar-refractivity contribution in [3.05, 3.63) is 59.7 Å². The summed E-state index contributed by atoms with van der Waals surface area (Å²) in [7, 11) is 1.64. The van der Waals surface area contributed by atoms with Crippen molar-refractivity contribution in [3.63, 3.8) is 0 Å². The summed E-state index contributed by atoms with van der Waals surface area (Å²) in [5, 5.41) is 0. The van der Waals surface area contributed by atoms with Gasteiger partial charge in [-0.3, -0.25) is 4.79 Å². The monoisotopic (exact) mass is 391 g/mol. The summed E-state index contributed by atoms with van der Waals surface area (Å²) in [6.45, 7) is -1.10. The van der Waals surface area contributed by atoms with E-state index in [4.69, 9.17) is 4.74 Å². The number of amides is 1. The van der Waals surface area contributed by atoms with Crippen LogP contribution in [0.5, 0.6) is 11.5 Å². The molecule has 1 amide bonds. The first-order valence-electron chi connectivity index (χ1n) is 8.82. The van der Waals surface area contributed by atoms with E-state index in [1.807, 2.05) is 12.1 Å². The predicted molar refractivity (Wildman–Crippen MR) is 100 cm³/mol. The topological polar surface area (TPSA) is 55.8 Å². The number of ketones is 1. The first kappa shape index (κ1) is 21.3. The Labute approximate surface area is 162 Å². The molecule has 0 saturated heterocycles. The summed E-state index contributed by atoms with van der Waals surface area (Å²) < 4.78 is 34.1. The third-order valence-electron chi connectivity index (χ3n) is 4.05. The quantitative estimate of drug-likeness (QED) is 0.617. The van der Waals surface area contributed by atoms with Gasteiger partial charge in [-0.25, -0.2) is 0 Å². The second-order valence-corrected chi connectivity index (χ2v) is 6.41. The van der Waals surface area contributed by atoms with E-state index in [-0.39, 0.29) is 24.0 Å². The normalized spacial score (nSPS) is 10.6. The molecule has 0 bridgehead atoms. The molecule has 0 unspecified atom stereocenters. The van der Waals surface area contributed by atoms with E-state index >= 15 is 0 Å². The van der Waals surface area contributed by atoms with Crippen LogP contribution in [0.25, 0.3) is 0 Å². The number of alkyl halides is 2. The molecule has 0 aliphatic carbocycles. The zero-order chi connectivity index (χ0) is 20.5. The Hall–Kier alpha value is -2.96. The fraction of sp³-hybridized carbons (Fsp3) is 0.333. The number of carbonyl (C=O) groups excluding carboxylic acids is 2. The standard InChI is InChI=1S/C21H23F2NO4/c1-15(25)3-4-16-5-9-18(10-6-16)27-14-20(26)24(2)13-17-7-11-19(12-8-17)28-21(22)23/h5-12,21H,3-4,13-14H2,1-2H3. The molecule has 5 nitrogen and oxygen atoms in total. The Balaban J connectivity index is 1.79. The summed E-state index contributed by atoms with van der Waals surface area (Å²) in [6, 6.07) is 13.4. The average Bonchev–Trinajstić information content (AvgIpc) is 2.66. The summed E-state index contributed by atoms with van der Waals surface area (Å²) in [4.78, 5) is 24.7. The van der Waals surface area contributed by atoms with Gasteiger partial charge in [-0.15, -0.1) is 0 Å². The molecule has 0 aliphatic heterocycles. The van der Waals surface area contributed by atoms with E-state index < -0.39 is 6.61 Å². The maximum absolute atomic E-state index is 12.2. The van der Waals surface area contributed by atoms with Gasteiger partial charge in [-0.2, -0.15) is 8.78 Å². The van der Waals surface area contributed by atoms with E-state index in [9.17, 15) is 18.4 Å². The van der Waals surface area contributed by atoms with Crippen molar-refractivity contribution >= 4 is 11.7 Å². The van der Waals surface area contributed by atoms with Gasteiger partial charge in [0.05, 0.1) is 0 Å². The van der Waals surface area contributed by atoms with Crippen LogP contribution in [0.3, 0.4) is 0 Å². The number of nitrogens with zero attached hydrogens (tertiary/aromatic N) is 1. The molecule has 0 aliphatic rings. The number of halogens is 2. The minimum absolute atomic E-state index is 0.0720. The van der Waals surface area contributed by atoms with Gasteiger partial charge in [-0.05, 0) is 48.7 Å². The van der Waals surface area contributed by atoms with Gasteiger partial charge < -0.3 is 19.2 Å². The van der Waals surface area contributed by atoms with E-state index in [0.29, 0.717) is 25.1 Å². The van der Waals surface area contributed by atoms with Crippen LogP contribution in [0, 0.1) is 0 Å². The van der Waals surface area contributed by atoms with Crippen LogP contribution in [-0.4, -0.2) is 36.9 Å². The maximum atomic E-state index is 12.2. The first-order valence-corrected chi connectivity index (χ1v) is 8.82. The van der Waals surface area contributed by atoms with Crippen LogP contribution in [0.2, 0.25) is 0 Å². The number of hydrogen-bond acceptors (Lipinski definition) is 4. The molecule has 0 N–H and O–H groups in total. The van der Waals surface area contributed by atoms with Gasteiger partial charge in [0.25, 0.3) is 5.91 Å². The van der Waals surface area contributed by atoms with Crippen LogP contribution in [0.1, 0.15) is 24.5 Å². The van der Waals surface area contributed by atoms with Gasteiger partial charge in [0, 0.05) is 20.0 Å². The molecule has 0 saturated carbocycles. The van der Waals surface area contributed by atoms with E-state index in [1.165, 1.54) is 17.0 Å². The lowest BCUT2D eigenvalue weighted by Crippen LogP contribution is -2.30. The number of aryl methyl sites for hydroxylation is 1. The molecule has 28 heavy (non-hydrogen) atoms. The minimum atomic E-state index is -2.87. The molecule has 150 valence electrons. The van der Waals surface area contributed by atoms with Crippen molar-refractivity contribution in [1.82, 2.24) is 4.90 Å². The van der Waals surface area contributed by atoms with Gasteiger partial charge >= 0.3 is 6.61 Å². The lowest BCUT2D eigenvalue weighted by molar-refractivity contribution is -0.132. The molecular weight excluding hydrogens is 368 g/mol.